The van der Waals surface area contributed by atoms with E-state index in [-0.39, 0.29) is 17.7 Å². The first-order valence-electron chi connectivity index (χ1n) is 8.05. The maximum Gasteiger partial charge on any atom is 0.314 e. The Morgan fingerprint density at radius 2 is 1.67 bits per heavy atom. The second-order valence-electron chi connectivity index (χ2n) is 5.52. The van der Waals surface area contributed by atoms with E-state index in [2.05, 4.69) is 35.0 Å². The Morgan fingerprint density at radius 3 is 2.38 bits per heavy atom. The number of amides is 3. The molecule has 6 nitrogen and oxygen atoms in total. The van der Waals surface area contributed by atoms with Crippen LogP contribution in [-0.4, -0.2) is 31.6 Å². The van der Waals surface area contributed by atoms with Crippen molar-refractivity contribution in [2.24, 2.45) is 0 Å². The Kier molecular flexibility index (Phi) is 6.89. The molecule has 1 aromatic heterocycles. The molecule has 2 aromatic rings. The molecule has 0 aliphatic heterocycles. The highest BCUT2D eigenvalue weighted by Gasteiger charge is 2.08. The molecule has 3 amide bonds. The largest absolute Gasteiger partial charge is 0.459 e. The van der Waals surface area contributed by atoms with Crippen LogP contribution in [0.3, 0.4) is 0 Å². The summed E-state index contributed by atoms with van der Waals surface area (Å²) in [6.07, 6.45) is 2.31. The number of hydrogen-bond donors (Lipinski definition) is 3. The van der Waals surface area contributed by atoms with E-state index >= 15 is 0 Å². The molecule has 0 fully saturated rings. The lowest BCUT2D eigenvalue weighted by atomic mass is 9.98. The summed E-state index contributed by atoms with van der Waals surface area (Å²) in [6.45, 7) is 3.43. The summed E-state index contributed by atoms with van der Waals surface area (Å²) in [7, 11) is 0. The topological polar surface area (TPSA) is 83.4 Å². The average Bonchev–Trinajstić information content (AvgIpc) is 3.14. The van der Waals surface area contributed by atoms with Crippen molar-refractivity contribution in [1.29, 1.82) is 0 Å². The molecule has 0 spiro atoms. The summed E-state index contributed by atoms with van der Waals surface area (Å²) in [6, 6.07) is 13.2. The Hall–Kier alpha value is -2.76. The van der Waals surface area contributed by atoms with E-state index < -0.39 is 0 Å². The predicted octanol–water partition coefficient (Wildman–Crippen LogP) is 2.50. The Labute approximate surface area is 141 Å². The fourth-order valence-corrected chi connectivity index (χ4v) is 2.26. The molecule has 6 heteroatoms. The maximum atomic E-state index is 11.7. The number of urea groups is 1. The first kappa shape index (κ1) is 17.6. The Bertz CT molecular complexity index is 626. The summed E-state index contributed by atoms with van der Waals surface area (Å²) in [5.41, 5.74) is 1.26. The zero-order valence-corrected chi connectivity index (χ0v) is 13.7. The standard InChI is InChI=1S/C18H23N3O3/c1-14(15-6-3-2-4-7-15)9-10-20-18(23)21-12-11-19-17(22)16-8-5-13-24-16/h2-8,13-14H,9-12H2,1H3,(H,19,22)(H2,20,21,23)/t14-/m1/s1. The van der Waals surface area contributed by atoms with Gasteiger partial charge in [0.25, 0.3) is 5.91 Å². The van der Waals surface area contributed by atoms with Crippen LogP contribution in [0.15, 0.2) is 53.1 Å². The minimum absolute atomic E-state index is 0.234. The van der Waals surface area contributed by atoms with Crippen molar-refractivity contribution in [3.63, 3.8) is 0 Å². The highest BCUT2D eigenvalue weighted by Crippen LogP contribution is 2.17. The zero-order chi connectivity index (χ0) is 17.2. The average molecular weight is 329 g/mol. The Balaban J connectivity index is 1.54. The number of carbonyl (C=O) groups is 2. The van der Waals surface area contributed by atoms with Gasteiger partial charge in [0.15, 0.2) is 5.76 Å². The number of carbonyl (C=O) groups excluding carboxylic acids is 2. The minimum atomic E-state index is -0.293. The lowest BCUT2D eigenvalue weighted by Gasteiger charge is -2.13. The van der Waals surface area contributed by atoms with Crippen LogP contribution in [0, 0.1) is 0 Å². The molecule has 0 bridgehead atoms. The highest BCUT2D eigenvalue weighted by atomic mass is 16.3. The van der Waals surface area contributed by atoms with Gasteiger partial charge < -0.3 is 20.4 Å². The molecule has 128 valence electrons. The van der Waals surface area contributed by atoms with Crippen molar-refractivity contribution < 1.29 is 14.0 Å². The summed E-state index contributed by atoms with van der Waals surface area (Å²) in [4.78, 5) is 23.3. The number of furan rings is 1. The molecule has 0 aliphatic carbocycles. The monoisotopic (exact) mass is 329 g/mol. The maximum absolute atomic E-state index is 11.7. The predicted molar refractivity (Wildman–Crippen MR) is 91.9 cm³/mol. The van der Waals surface area contributed by atoms with Gasteiger partial charge in [0.1, 0.15) is 0 Å². The van der Waals surface area contributed by atoms with E-state index in [0.29, 0.717) is 25.6 Å². The van der Waals surface area contributed by atoms with Crippen molar-refractivity contribution in [2.75, 3.05) is 19.6 Å². The summed E-state index contributed by atoms with van der Waals surface area (Å²) >= 11 is 0. The summed E-state index contributed by atoms with van der Waals surface area (Å²) < 4.78 is 4.97. The first-order valence-corrected chi connectivity index (χ1v) is 8.05. The van der Waals surface area contributed by atoms with Crippen LogP contribution in [0.1, 0.15) is 35.4 Å². The van der Waals surface area contributed by atoms with Crippen LogP contribution in [0.25, 0.3) is 0 Å². The molecular weight excluding hydrogens is 306 g/mol. The van der Waals surface area contributed by atoms with Gasteiger partial charge in [0.2, 0.25) is 0 Å². The van der Waals surface area contributed by atoms with E-state index in [1.54, 1.807) is 12.1 Å². The van der Waals surface area contributed by atoms with E-state index in [4.69, 9.17) is 4.42 Å². The van der Waals surface area contributed by atoms with Gasteiger partial charge >= 0.3 is 6.03 Å². The molecule has 24 heavy (non-hydrogen) atoms. The van der Waals surface area contributed by atoms with Crippen molar-refractivity contribution in [2.45, 2.75) is 19.3 Å². The van der Waals surface area contributed by atoms with Crippen LogP contribution in [0.4, 0.5) is 4.79 Å². The lowest BCUT2D eigenvalue weighted by Crippen LogP contribution is -2.40. The molecule has 2 rings (SSSR count). The van der Waals surface area contributed by atoms with Crippen molar-refractivity contribution in [3.05, 3.63) is 60.1 Å². The number of rotatable bonds is 8. The Morgan fingerprint density at radius 1 is 0.958 bits per heavy atom. The fraction of sp³-hybridized carbons (Fsp3) is 0.333. The quantitative estimate of drug-likeness (QED) is 0.651. The van der Waals surface area contributed by atoms with Crippen molar-refractivity contribution >= 4 is 11.9 Å². The lowest BCUT2D eigenvalue weighted by molar-refractivity contribution is 0.0926. The van der Waals surface area contributed by atoms with Gasteiger partial charge in [-0.15, -0.1) is 0 Å². The van der Waals surface area contributed by atoms with Crippen molar-refractivity contribution in [3.8, 4) is 0 Å². The van der Waals surface area contributed by atoms with E-state index in [0.717, 1.165) is 6.42 Å². The SMILES string of the molecule is C[C@H](CCNC(=O)NCCNC(=O)c1ccco1)c1ccccc1. The smallest absolute Gasteiger partial charge is 0.314 e. The van der Waals surface area contributed by atoms with Crippen LogP contribution >= 0.6 is 0 Å². The third kappa shape index (κ3) is 5.79. The van der Waals surface area contributed by atoms with Gasteiger partial charge in [-0.1, -0.05) is 37.3 Å². The molecule has 0 aliphatic rings. The minimum Gasteiger partial charge on any atom is -0.459 e. The van der Waals surface area contributed by atoms with Crippen LogP contribution in [0.2, 0.25) is 0 Å². The molecule has 0 radical (unpaired) electrons. The molecule has 0 saturated heterocycles. The fourth-order valence-electron chi connectivity index (χ4n) is 2.26. The molecule has 1 atom stereocenters. The molecular formula is C18H23N3O3. The molecule has 3 N–H and O–H groups in total. The van der Waals surface area contributed by atoms with Crippen molar-refractivity contribution in [1.82, 2.24) is 16.0 Å². The second-order valence-corrected chi connectivity index (χ2v) is 5.52. The van der Waals surface area contributed by atoms with Gasteiger partial charge in [-0.05, 0) is 30.0 Å². The normalized spacial score (nSPS) is 11.5. The summed E-state index contributed by atoms with van der Waals surface area (Å²) in [5.74, 6) is 0.354. The molecule has 0 unspecified atom stereocenters. The zero-order valence-electron chi connectivity index (χ0n) is 13.7. The summed E-state index contributed by atoms with van der Waals surface area (Å²) in [5, 5.41) is 8.18. The van der Waals surface area contributed by atoms with Crippen LogP contribution in [-0.2, 0) is 0 Å². The second kappa shape index (κ2) is 9.39. The van der Waals surface area contributed by atoms with Gasteiger partial charge in [-0.25, -0.2) is 4.79 Å². The van der Waals surface area contributed by atoms with Crippen LogP contribution in [0.5, 0.6) is 0 Å². The van der Waals surface area contributed by atoms with E-state index in [1.165, 1.54) is 11.8 Å². The van der Waals surface area contributed by atoms with Gasteiger partial charge in [-0.2, -0.15) is 0 Å². The van der Waals surface area contributed by atoms with E-state index in [1.807, 2.05) is 18.2 Å². The third-order valence-corrected chi connectivity index (χ3v) is 3.67. The highest BCUT2D eigenvalue weighted by molar-refractivity contribution is 5.91. The molecule has 0 saturated carbocycles. The number of benzene rings is 1. The third-order valence-electron chi connectivity index (χ3n) is 3.67. The van der Waals surface area contributed by atoms with Gasteiger partial charge in [0.05, 0.1) is 6.26 Å². The molecule has 1 aromatic carbocycles. The number of nitrogens with one attached hydrogen (secondary N) is 3. The molecule has 1 heterocycles. The van der Waals surface area contributed by atoms with Gasteiger partial charge in [0, 0.05) is 19.6 Å². The first-order chi connectivity index (χ1) is 11.7. The van der Waals surface area contributed by atoms with Gasteiger partial charge in [-0.3, -0.25) is 4.79 Å². The number of hydrogen-bond acceptors (Lipinski definition) is 3. The van der Waals surface area contributed by atoms with Crippen LogP contribution < -0.4 is 16.0 Å². The van der Waals surface area contributed by atoms with E-state index in [9.17, 15) is 9.59 Å².